The first-order valence-corrected chi connectivity index (χ1v) is 9.18. The van der Waals surface area contributed by atoms with Gasteiger partial charge in [-0.1, -0.05) is 11.6 Å². The molecule has 2 N–H and O–H groups in total. The number of rotatable bonds is 8. The van der Waals surface area contributed by atoms with Crippen molar-refractivity contribution in [2.45, 2.75) is 20.0 Å². The molecule has 0 bridgehead atoms. The predicted molar refractivity (Wildman–Crippen MR) is 108 cm³/mol. The van der Waals surface area contributed by atoms with Gasteiger partial charge in [0.25, 0.3) is 11.8 Å². The van der Waals surface area contributed by atoms with E-state index in [1.54, 1.807) is 31.2 Å². The maximum Gasteiger partial charge on any atom is 0.279 e. The van der Waals surface area contributed by atoms with Crippen LogP contribution in [0, 0.1) is 0 Å². The number of carbonyl (C=O) groups excluding carboxylic acids is 2. The van der Waals surface area contributed by atoms with Gasteiger partial charge >= 0.3 is 0 Å². The first-order valence-electron chi connectivity index (χ1n) is 8.80. The smallest absolute Gasteiger partial charge is 0.279 e. The van der Waals surface area contributed by atoms with E-state index in [0.717, 1.165) is 0 Å². The van der Waals surface area contributed by atoms with Gasteiger partial charge in [-0.3, -0.25) is 20.4 Å². The average Bonchev–Trinajstić information content (AvgIpc) is 2.72. The largest absolute Gasteiger partial charge is 0.494 e. The molecule has 0 aliphatic carbocycles. The van der Waals surface area contributed by atoms with Crippen molar-refractivity contribution in [2.75, 3.05) is 20.8 Å². The third-order valence-electron chi connectivity index (χ3n) is 3.81. The number of benzene rings is 2. The second-order valence-electron chi connectivity index (χ2n) is 5.80. The van der Waals surface area contributed by atoms with Crippen molar-refractivity contribution in [1.82, 2.24) is 10.9 Å². The van der Waals surface area contributed by atoms with Crippen molar-refractivity contribution < 1.29 is 28.5 Å². The second-order valence-corrected chi connectivity index (χ2v) is 6.21. The lowest BCUT2D eigenvalue weighted by atomic mass is 10.2. The number of hydrogen-bond donors (Lipinski definition) is 2. The molecule has 0 saturated heterocycles. The Morgan fingerprint density at radius 1 is 1.03 bits per heavy atom. The monoisotopic (exact) mass is 422 g/mol. The van der Waals surface area contributed by atoms with E-state index in [0.29, 0.717) is 29.6 Å². The molecule has 2 aromatic rings. The summed E-state index contributed by atoms with van der Waals surface area (Å²) >= 11 is 6.09. The van der Waals surface area contributed by atoms with Gasteiger partial charge in [-0.15, -0.1) is 0 Å². The van der Waals surface area contributed by atoms with Crippen molar-refractivity contribution >= 4 is 23.4 Å². The summed E-state index contributed by atoms with van der Waals surface area (Å²) < 4.78 is 21.2. The summed E-state index contributed by atoms with van der Waals surface area (Å²) in [4.78, 5) is 24.5. The number of ether oxygens (including phenoxy) is 4. The molecular formula is C20H23ClN2O6. The number of carbonyl (C=O) groups is 2. The zero-order valence-corrected chi connectivity index (χ0v) is 17.3. The van der Waals surface area contributed by atoms with Crippen molar-refractivity contribution in [2.24, 2.45) is 0 Å². The van der Waals surface area contributed by atoms with Crippen molar-refractivity contribution in [1.29, 1.82) is 0 Å². The van der Waals surface area contributed by atoms with Crippen LogP contribution in [0.15, 0.2) is 36.4 Å². The molecule has 2 aromatic carbocycles. The summed E-state index contributed by atoms with van der Waals surface area (Å²) in [6.07, 6.45) is -0.845. The zero-order valence-electron chi connectivity index (χ0n) is 16.6. The van der Waals surface area contributed by atoms with Gasteiger partial charge in [0.15, 0.2) is 17.6 Å². The number of amides is 2. The molecule has 2 amide bonds. The maximum atomic E-state index is 12.3. The van der Waals surface area contributed by atoms with E-state index in [1.807, 2.05) is 6.92 Å². The first kappa shape index (κ1) is 22.2. The fourth-order valence-electron chi connectivity index (χ4n) is 2.38. The Kier molecular flexibility index (Phi) is 7.97. The van der Waals surface area contributed by atoms with Crippen molar-refractivity contribution in [3.8, 4) is 23.0 Å². The van der Waals surface area contributed by atoms with E-state index < -0.39 is 17.9 Å². The van der Waals surface area contributed by atoms with Crippen molar-refractivity contribution in [3.05, 3.63) is 47.0 Å². The van der Waals surface area contributed by atoms with Crippen LogP contribution in [0.5, 0.6) is 23.0 Å². The molecule has 2 rings (SSSR count). The molecule has 0 aliphatic rings. The van der Waals surface area contributed by atoms with Gasteiger partial charge in [-0.05, 0) is 50.2 Å². The van der Waals surface area contributed by atoms with Gasteiger partial charge in [-0.2, -0.15) is 0 Å². The average molecular weight is 423 g/mol. The minimum Gasteiger partial charge on any atom is -0.494 e. The van der Waals surface area contributed by atoms with E-state index in [-0.39, 0.29) is 10.6 Å². The van der Waals surface area contributed by atoms with Crippen LogP contribution >= 0.6 is 11.6 Å². The molecule has 29 heavy (non-hydrogen) atoms. The van der Waals surface area contributed by atoms with E-state index in [4.69, 9.17) is 30.5 Å². The topological polar surface area (TPSA) is 95.1 Å². The predicted octanol–water partition coefficient (Wildman–Crippen LogP) is 2.98. The molecular weight excluding hydrogens is 400 g/mol. The standard InChI is InChI=1S/C20H23ClN2O6/c1-5-28-14-6-8-15(9-7-14)29-12(2)19(24)22-23-20(25)13-10-16(21)18(27-4)17(11-13)26-3/h6-12H,5H2,1-4H3,(H,22,24)(H,23,25)/t12-/m0/s1. The highest BCUT2D eigenvalue weighted by Crippen LogP contribution is 2.35. The quantitative estimate of drug-likeness (QED) is 0.635. The van der Waals surface area contributed by atoms with Crippen LogP contribution < -0.4 is 29.8 Å². The number of hydrazine groups is 1. The number of nitrogens with one attached hydrogen (secondary N) is 2. The normalized spacial score (nSPS) is 11.2. The Morgan fingerprint density at radius 3 is 2.28 bits per heavy atom. The molecule has 0 radical (unpaired) electrons. The summed E-state index contributed by atoms with van der Waals surface area (Å²) in [5.74, 6) is 0.705. The van der Waals surface area contributed by atoms with Gasteiger partial charge in [0.2, 0.25) is 0 Å². The Bertz CT molecular complexity index is 857. The van der Waals surface area contributed by atoms with Gasteiger partial charge in [0.05, 0.1) is 25.8 Å². The number of hydrogen-bond acceptors (Lipinski definition) is 6. The highest BCUT2D eigenvalue weighted by Gasteiger charge is 2.18. The highest BCUT2D eigenvalue weighted by atomic mass is 35.5. The lowest BCUT2D eigenvalue weighted by Gasteiger charge is -2.16. The van der Waals surface area contributed by atoms with E-state index in [2.05, 4.69) is 10.9 Å². The third-order valence-corrected chi connectivity index (χ3v) is 4.09. The molecule has 1 atom stereocenters. The molecule has 0 heterocycles. The first-order chi connectivity index (χ1) is 13.9. The molecule has 0 spiro atoms. The fraction of sp³-hybridized carbons (Fsp3) is 0.300. The minimum atomic E-state index is -0.845. The Hall–Kier alpha value is -3.13. The molecule has 0 saturated carbocycles. The van der Waals surface area contributed by atoms with E-state index in [9.17, 15) is 9.59 Å². The number of methoxy groups -OCH3 is 2. The minimum absolute atomic E-state index is 0.188. The number of halogens is 1. The Balaban J connectivity index is 1.94. The van der Waals surface area contributed by atoms with Gasteiger partial charge in [-0.25, -0.2) is 0 Å². The molecule has 9 heteroatoms. The molecule has 0 unspecified atom stereocenters. The summed E-state index contributed by atoms with van der Waals surface area (Å²) in [6.45, 7) is 4.01. The second kappa shape index (κ2) is 10.4. The Labute approximate surface area is 174 Å². The van der Waals surface area contributed by atoms with Crippen LogP contribution in [0.2, 0.25) is 5.02 Å². The third kappa shape index (κ3) is 5.92. The molecule has 0 aromatic heterocycles. The van der Waals surface area contributed by atoms with Crippen LogP contribution in [0.3, 0.4) is 0 Å². The molecule has 156 valence electrons. The fourth-order valence-corrected chi connectivity index (χ4v) is 2.67. The lowest BCUT2D eigenvalue weighted by Crippen LogP contribution is -2.47. The van der Waals surface area contributed by atoms with E-state index in [1.165, 1.54) is 26.4 Å². The molecule has 0 aliphatic heterocycles. The van der Waals surface area contributed by atoms with Crippen LogP contribution in [-0.2, 0) is 4.79 Å². The van der Waals surface area contributed by atoms with Crippen LogP contribution in [0.25, 0.3) is 0 Å². The Morgan fingerprint density at radius 2 is 1.69 bits per heavy atom. The SMILES string of the molecule is CCOc1ccc(O[C@@H](C)C(=O)NNC(=O)c2cc(Cl)c(OC)c(OC)c2)cc1. The lowest BCUT2D eigenvalue weighted by molar-refractivity contribution is -0.128. The van der Waals surface area contributed by atoms with Gasteiger partial charge < -0.3 is 18.9 Å². The van der Waals surface area contributed by atoms with Gasteiger partial charge in [0.1, 0.15) is 11.5 Å². The maximum absolute atomic E-state index is 12.3. The highest BCUT2D eigenvalue weighted by molar-refractivity contribution is 6.32. The van der Waals surface area contributed by atoms with Crippen LogP contribution in [0.4, 0.5) is 0 Å². The molecule has 8 nitrogen and oxygen atoms in total. The van der Waals surface area contributed by atoms with Crippen LogP contribution in [-0.4, -0.2) is 38.7 Å². The summed E-state index contributed by atoms with van der Waals surface area (Å²) in [5, 5.41) is 0.204. The van der Waals surface area contributed by atoms with Crippen molar-refractivity contribution in [3.63, 3.8) is 0 Å². The van der Waals surface area contributed by atoms with Crippen LogP contribution in [0.1, 0.15) is 24.2 Å². The molecule has 0 fully saturated rings. The van der Waals surface area contributed by atoms with Gasteiger partial charge in [0, 0.05) is 5.56 Å². The zero-order chi connectivity index (χ0) is 21.4. The van der Waals surface area contributed by atoms with E-state index >= 15 is 0 Å². The summed E-state index contributed by atoms with van der Waals surface area (Å²) in [7, 11) is 2.87. The summed E-state index contributed by atoms with van der Waals surface area (Å²) in [5.41, 5.74) is 4.82. The summed E-state index contributed by atoms with van der Waals surface area (Å²) in [6, 6.07) is 9.73.